The molecule has 0 bridgehead atoms. The fraction of sp³-hybridized carbons (Fsp3) is 0.143. The quantitative estimate of drug-likeness (QED) is 0.600. The topological polar surface area (TPSA) is 97.5 Å². The first kappa shape index (κ1) is 18.6. The van der Waals surface area contributed by atoms with Crippen LogP contribution >= 0.6 is 0 Å². The summed E-state index contributed by atoms with van der Waals surface area (Å²) in [4.78, 5) is 16.7. The second-order valence-electron chi connectivity index (χ2n) is 5.96. The molecule has 0 aliphatic rings. The number of carbonyl (C=O) groups is 1. The van der Waals surface area contributed by atoms with Gasteiger partial charge in [0.2, 0.25) is 5.88 Å². The molecular weight excluding hydrogens is 342 g/mol. The van der Waals surface area contributed by atoms with E-state index < -0.39 is 6.04 Å². The van der Waals surface area contributed by atoms with Crippen LogP contribution < -0.4 is 15.8 Å². The predicted octanol–water partition coefficient (Wildman–Crippen LogP) is 2.80. The zero-order chi connectivity index (χ0) is 19.1. The number of aliphatic hydroxyl groups excluding tert-OH is 1. The average molecular weight is 363 g/mol. The van der Waals surface area contributed by atoms with E-state index in [2.05, 4.69) is 10.3 Å². The molecule has 0 aliphatic carbocycles. The molecule has 1 atom stereocenters. The summed E-state index contributed by atoms with van der Waals surface area (Å²) in [5, 5.41) is 12.4. The van der Waals surface area contributed by atoms with Gasteiger partial charge in [-0.3, -0.25) is 4.79 Å². The molecule has 0 radical (unpaired) electrons. The van der Waals surface area contributed by atoms with E-state index in [4.69, 9.17) is 10.5 Å². The van der Waals surface area contributed by atoms with E-state index in [9.17, 15) is 9.90 Å². The van der Waals surface area contributed by atoms with Gasteiger partial charge in [0.15, 0.2) is 0 Å². The van der Waals surface area contributed by atoms with Gasteiger partial charge in [-0.05, 0) is 35.4 Å². The number of benzene rings is 2. The van der Waals surface area contributed by atoms with Gasteiger partial charge in [0.1, 0.15) is 5.75 Å². The third-order valence-corrected chi connectivity index (χ3v) is 4.04. The van der Waals surface area contributed by atoms with Gasteiger partial charge in [0.05, 0.1) is 12.6 Å². The van der Waals surface area contributed by atoms with Crippen LogP contribution in [0.4, 0.5) is 0 Å². The largest absolute Gasteiger partial charge is 0.439 e. The minimum Gasteiger partial charge on any atom is -0.439 e. The molecular formula is C21H21N3O3. The number of aromatic nitrogens is 1. The molecule has 1 unspecified atom stereocenters. The van der Waals surface area contributed by atoms with E-state index in [1.165, 1.54) is 0 Å². The monoisotopic (exact) mass is 363 g/mol. The minimum absolute atomic E-state index is 0.193. The molecule has 27 heavy (non-hydrogen) atoms. The van der Waals surface area contributed by atoms with Crippen LogP contribution in [0.3, 0.4) is 0 Å². The second kappa shape index (κ2) is 8.93. The number of hydrogen-bond donors (Lipinski definition) is 3. The number of amides is 1. The Morgan fingerprint density at radius 1 is 1.11 bits per heavy atom. The van der Waals surface area contributed by atoms with E-state index in [0.29, 0.717) is 23.7 Å². The number of aliphatic hydroxyl groups is 1. The van der Waals surface area contributed by atoms with E-state index in [-0.39, 0.29) is 12.5 Å². The average Bonchev–Trinajstić information content (AvgIpc) is 2.72. The van der Waals surface area contributed by atoms with Gasteiger partial charge in [-0.15, -0.1) is 0 Å². The summed E-state index contributed by atoms with van der Waals surface area (Å²) >= 11 is 0. The molecule has 0 aliphatic heterocycles. The lowest BCUT2D eigenvalue weighted by atomic mass is 10.1. The molecule has 0 saturated carbocycles. The number of nitrogens with two attached hydrogens (primary N) is 1. The predicted molar refractivity (Wildman–Crippen MR) is 102 cm³/mol. The van der Waals surface area contributed by atoms with Crippen molar-refractivity contribution in [3.8, 4) is 11.6 Å². The molecule has 138 valence electrons. The van der Waals surface area contributed by atoms with E-state index in [1.807, 2.05) is 36.4 Å². The molecule has 3 aromatic rings. The molecule has 1 aromatic heterocycles. The van der Waals surface area contributed by atoms with Gasteiger partial charge in [0, 0.05) is 24.4 Å². The number of pyridine rings is 1. The first-order chi connectivity index (χ1) is 13.2. The smallest absolute Gasteiger partial charge is 0.251 e. The molecule has 1 amide bonds. The summed E-state index contributed by atoms with van der Waals surface area (Å²) < 4.78 is 5.73. The number of rotatable bonds is 7. The van der Waals surface area contributed by atoms with Gasteiger partial charge >= 0.3 is 0 Å². The van der Waals surface area contributed by atoms with Crippen molar-refractivity contribution in [2.24, 2.45) is 5.73 Å². The summed E-state index contributed by atoms with van der Waals surface area (Å²) in [6.07, 6.45) is 1.62. The van der Waals surface area contributed by atoms with Crippen molar-refractivity contribution in [2.75, 3.05) is 6.61 Å². The second-order valence-corrected chi connectivity index (χ2v) is 5.96. The van der Waals surface area contributed by atoms with Crippen molar-refractivity contribution in [1.82, 2.24) is 10.3 Å². The lowest BCUT2D eigenvalue weighted by Crippen LogP contribution is -2.30. The Balaban J connectivity index is 1.73. The third kappa shape index (κ3) is 4.91. The maximum Gasteiger partial charge on any atom is 0.251 e. The summed E-state index contributed by atoms with van der Waals surface area (Å²) in [6.45, 7) is 0.200. The van der Waals surface area contributed by atoms with Crippen LogP contribution in [0, 0.1) is 0 Å². The number of nitrogens with one attached hydrogen (secondary N) is 1. The van der Waals surface area contributed by atoms with Crippen LogP contribution in [0.25, 0.3) is 0 Å². The molecule has 0 spiro atoms. The highest BCUT2D eigenvalue weighted by atomic mass is 16.5. The van der Waals surface area contributed by atoms with Gasteiger partial charge < -0.3 is 20.9 Å². The maximum atomic E-state index is 12.6. The highest BCUT2D eigenvalue weighted by Crippen LogP contribution is 2.22. The summed E-state index contributed by atoms with van der Waals surface area (Å²) in [7, 11) is 0. The molecule has 0 saturated heterocycles. The van der Waals surface area contributed by atoms with Crippen molar-refractivity contribution in [3.63, 3.8) is 0 Å². The van der Waals surface area contributed by atoms with Crippen LogP contribution in [0.1, 0.15) is 27.5 Å². The maximum absolute atomic E-state index is 12.6. The SMILES string of the molecule is NCc1ccnc(Oc2cccc(C(=O)NC(CO)c3ccccc3)c2)c1. The Morgan fingerprint density at radius 3 is 2.67 bits per heavy atom. The highest BCUT2D eigenvalue weighted by Gasteiger charge is 2.15. The Hall–Kier alpha value is -3.22. The minimum atomic E-state index is -0.480. The van der Waals surface area contributed by atoms with Crippen LogP contribution in [0.15, 0.2) is 72.9 Å². The van der Waals surface area contributed by atoms with Crippen LogP contribution in [-0.4, -0.2) is 22.6 Å². The van der Waals surface area contributed by atoms with Crippen molar-refractivity contribution in [3.05, 3.63) is 89.6 Å². The number of hydrogen-bond acceptors (Lipinski definition) is 5. The van der Waals surface area contributed by atoms with Crippen molar-refractivity contribution >= 4 is 5.91 Å². The summed E-state index contributed by atoms with van der Waals surface area (Å²) in [5.41, 5.74) is 7.80. The van der Waals surface area contributed by atoms with Gasteiger partial charge in [-0.25, -0.2) is 4.98 Å². The van der Waals surface area contributed by atoms with Crippen molar-refractivity contribution < 1.29 is 14.6 Å². The summed E-state index contributed by atoms with van der Waals surface area (Å²) in [6, 6.07) is 19.2. The van der Waals surface area contributed by atoms with Gasteiger partial charge in [-0.2, -0.15) is 0 Å². The molecule has 3 rings (SSSR count). The molecule has 6 heteroatoms. The lowest BCUT2D eigenvalue weighted by Gasteiger charge is -2.17. The zero-order valence-corrected chi connectivity index (χ0v) is 14.7. The molecule has 2 aromatic carbocycles. The Kier molecular flexibility index (Phi) is 6.14. The number of nitrogens with zero attached hydrogens (tertiary/aromatic N) is 1. The van der Waals surface area contributed by atoms with E-state index in [1.54, 1.807) is 36.5 Å². The third-order valence-electron chi connectivity index (χ3n) is 4.04. The summed E-state index contributed by atoms with van der Waals surface area (Å²) in [5.74, 6) is 0.602. The zero-order valence-electron chi connectivity index (χ0n) is 14.7. The Bertz CT molecular complexity index is 900. The number of ether oxygens (including phenoxy) is 1. The van der Waals surface area contributed by atoms with Crippen molar-refractivity contribution in [2.45, 2.75) is 12.6 Å². The standard InChI is InChI=1S/C21H21N3O3/c22-13-15-9-10-23-20(11-15)27-18-8-4-7-17(12-18)21(26)24-19(14-25)16-5-2-1-3-6-16/h1-12,19,25H,13-14,22H2,(H,24,26). The molecule has 4 N–H and O–H groups in total. The van der Waals surface area contributed by atoms with Crippen LogP contribution in [0.2, 0.25) is 0 Å². The van der Waals surface area contributed by atoms with Crippen LogP contribution in [-0.2, 0) is 6.54 Å². The fourth-order valence-electron chi connectivity index (χ4n) is 2.62. The van der Waals surface area contributed by atoms with E-state index in [0.717, 1.165) is 11.1 Å². The highest BCUT2D eigenvalue weighted by molar-refractivity contribution is 5.94. The van der Waals surface area contributed by atoms with Crippen LogP contribution in [0.5, 0.6) is 11.6 Å². The molecule has 6 nitrogen and oxygen atoms in total. The lowest BCUT2D eigenvalue weighted by molar-refractivity contribution is 0.0916. The molecule has 0 fully saturated rings. The van der Waals surface area contributed by atoms with Gasteiger partial charge in [0.25, 0.3) is 5.91 Å². The Labute approximate surface area is 157 Å². The molecule has 1 heterocycles. The van der Waals surface area contributed by atoms with E-state index >= 15 is 0 Å². The van der Waals surface area contributed by atoms with Gasteiger partial charge in [-0.1, -0.05) is 36.4 Å². The number of carbonyl (C=O) groups excluding carboxylic acids is 1. The Morgan fingerprint density at radius 2 is 1.93 bits per heavy atom. The van der Waals surface area contributed by atoms with Crippen molar-refractivity contribution in [1.29, 1.82) is 0 Å². The first-order valence-corrected chi connectivity index (χ1v) is 8.59. The fourth-order valence-corrected chi connectivity index (χ4v) is 2.62. The first-order valence-electron chi connectivity index (χ1n) is 8.59. The normalized spacial score (nSPS) is 11.6.